The van der Waals surface area contributed by atoms with E-state index in [-0.39, 0.29) is 12.4 Å². The number of aliphatic hydroxyl groups excluding tert-OH is 4. The van der Waals surface area contributed by atoms with E-state index in [0.717, 1.165) is 0 Å². The van der Waals surface area contributed by atoms with E-state index in [1.165, 1.54) is 17.2 Å². The molecule has 11 heteroatoms. The van der Waals surface area contributed by atoms with Gasteiger partial charge in [0.2, 0.25) is 0 Å². The number of nitrogens with two attached hydrogens (primary N) is 1. The molecular weight excluding hydrogens is 342 g/mol. The number of aromatic nitrogens is 2. The monoisotopic (exact) mass is 361 g/mol. The molecule has 6 atom stereocenters. The number of imidazole rings is 1. The zero-order valence-corrected chi connectivity index (χ0v) is 13.4. The van der Waals surface area contributed by atoms with Gasteiger partial charge in [0, 0.05) is 6.54 Å². The summed E-state index contributed by atoms with van der Waals surface area (Å²) >= 11 is 5.60. The van der Waals surface area contributed by atoms with Crippen LogP contribution in [0.2, 0.25) is 0 Å². The molecular formula is C13H20ClN5O5. The number of halogens is 1. The smallest absolute Gasteiger partial charge is 0.165 e. The molecule has 0 amide bonds. The van der Waals surface area contributed by atoms with Crippen LogP contribution in [0.15, 0.2) is 11.3 Å². The average molecular weight is 362 g/mol. The van der Waals surface area contributed by atoms with Gasteiger partial charge in [0.1, 0.15) is 30.2 Å². The molecule has 1 aromatic rings. The topological polar surface area (TPSA) is 150 Å². The standard InChI is InChI=1S/C13H20ClN5O5/c14-1-6(21)2-18-4-17-12-8(11(18)15)16-5-19(12)13-10(23)9(22)7(3-20)24-13/h4-7,9-11,13,20-23H,1-3,15H2/t6?,7-,9?,10?,11?,13-/m1/s1. The summed E-state index contributed by atoms with van der Waals surface area (Å²) in [6.07, 6.45) is -2.80. The van der Waals surface area contributed by atoms with E-state index in [0.29, 0.717) is 11.5 Å². The number of nitrogens with zero attached hydrogens (tertiary/aromatic N) is 4. The van der Waals surface area contributed by atoms with E-state index in [1.807, 2.05) is 0 Å². The van der Waals surface area contributed by atoms with Crippen molar-refractivity contribution in [2.24, 2.45) is 10.7 Å². The number of fused-ring (bicyclic) bond motifs is 1. The van der Waals surface area contributed by atoms with Crippen LogP contribution < -0.4 is 5.73 Å². The maximum Gasteiger partial charge on any atom is 0.165 e. The molecule has 1 aromatic heterocycles. The minimum atomic E-state index is -1.23. The normalized spacial score (nSPS) is 33.8. The van der Waals surface area contributed by atoms with Crippen LogP contribution in [0.3, 0.4) is 0 Å². The third-order valence-corrected chi connectivity index (χ3v) is 4.51. The lowest BCUT2D eigenvalue weighted by atomic mass is 10.1. The van der Waals surface area contributed by atoms with Gasteiger partial charge in [-0.1, -0.05) is 0 Å². The first-order valence-electron chi connectivity index (χ1n) is 7.46. The van der Waals surface area contributed by atoms with Crippen LogP contribution in [-0.4, -0.2) is 84.7 Å². The van der Waals surface area contributed by atoms with Gasteiger partial charge in [-0.05, 0) is 0 Å². The predicted molar refractivity (Wildman–Crippen MR) is 83.7 cm³/mol. The van der Waals surface area contributed by atoms with Gasteiger partial charge in [-0.15, -0.1) is 11.6 Å². The molecule has 0 saturated carbocycles. The molecule has 2 aliphatic heterocycles. The number of hydrogen-bond acceptors (Lipinski definition) is 9. The van der Waals surface area contributed by atoms with E-state index in [9.17, 15) is 20.4 Å². The van der Waals surface area contributed by atoms with Crippen molar-refractivity contribution in [2.45, 2.75) is 36.8 Å². The number of aliphatic hydroxyl groups is 4. The molecule has 10 nitrogen and oxygen atoms in total. The minimum Gasteiger partial charge on any atom is -0.394 e. The van der Waals surface area contributed by atoms with Crippen molar-refractivity contribution < 1.29 is 25.2 Å². The molecule has 3 rings (SSSR count). The molecule has 2 aliphatic rings. The predicted octanol–water partition coefficient (Wildman–Crippen LogP) is -1.97. The maximum absolute atomic E-state index is 10.1. The fraction of sp³-hybridized carbons (Fsp3) is 0.692. The lowest BCUT2D eigenvalue weighted by Crippen LogP contribution is -2.41. The van der Waals surface area contributed by atoms with Gasteiger partial charge in [-0.25, -0.2) is 9.98 Å². The molecule has 3 heterocycles. The van der Waals surface area contributed by atoms with Crippen LogP contribution in [0.1, 0.15) is 18.1 Å². The van der Waals surface area contributed by atoms with Crippen molar-refractivity contribution in [3.8, 4) is 0 Å². The summed E-state index contributed by atoms with van der Waals surface area (Å²) in [6, 6.07) is 0. The SMILES string of the molecule is NC1c2ncn([C@@H]3O[C@H](CO)C(O)C3O)c2N=CN1CC(O)CCl. The van der Waals surface area contributed by atoms with Crippen LogP contribution in [0.5, 0.6) is 0 Å². The molecule has 4 unspecified atom stereocenters. The highest BCUT2D eigenvalue weighted by Gasteiger charge is 2.44. The van der Waals surface area contributed by atoms with Gasteiger partial charge in [-0.3, -0.25) is 4.57 Å². The molecule has 0 radical (unpaired) electrons. The van der Waals surface area contributed by atoms with Crippen molar-refractivity contribution in [1.82, 2.24) is 14.5 Å². The fourth-order valence-electron chi connectivity index (χ4n) is 2.82. The minimum absolute atomic E-state index is 0.0703. The summed E-state index contributed by atoms with van der Waals surface area (Å²) in [6.45, 7) is -0.215. The van der Waals surface area contributed by atoms with Gasteiger partial charge < -0.3 is 35.8 Å². The molecule has 0 bridgehead atoms. The van der Waals surface area contributed by atoms with Crippen LogP contribution in [0.25, 0.3) is 0 Å². The number of alkyl halides is 1. The third kappa shape index (κ3) is 2.90. The maximum atomic E-state index is 10.1. The molecule has 0 aliphatic carbocycles. The number of aliphatic imine (C=N–C) groups is 1. The Kier molecular flexibility index (Phi) is 5.06. The van der Waals surface area contributed by atoms with Gasteiger partial charge in [0.25, 0.3) is 0 Å². The quantitative estimate of drug-likeness (QED) is 0.379. The average Bonchev–Trinajstić information content (AvgIpc) is 3.12. The highest BCUT2D eigenvalue weighted by atomic mass is 35.5. The summed E-state index contributed by atoms with van der Waals surface area (Å²) in [7, 11) is 0. The Morgan fingerprint density at radius 1 is 1.38 bits per heavy atom. The number of hydrogen-bond donors (Lipinski definition) is 5. The highest BCUT2D eigenvalue weighted by Crippen LogP contribution is 2.36. The Morgan fingerprint density at radius 3 is 2.75 bits per heavy atom. The van der Waals surface area contributed by atoms with Gasteiger partial charge in [0.05, 0.1) is 31.3 Å². The second-order valence-corrected chi connectivity index (χ2v) is 6.09. The van der Waals surface area contributed by atoms with Crippen LogP contribution in [-0.2, 0) is 4.74 Å². The van der Waals surface area contributed by atoms with E-state index >= 15 is 0 Å². The van der Waals surface area contributed by atoms with Gasteiger partial charge >= 0.3 is 0 Å². The van der Waals surface area contributed by atoms with Crippen LogP contribution >= 0.6 is 11.6 Å². The summed E-state index contributed by atoms with van der Waals surface area (Å²) in [4.78, 5) is 10.1. The zero-order chi connectivity index (χ0) is 17.4. The van der Waals surface area contributed by atoms with E-state index < -0.39 is 43.4 Å². The third-order valence-electron chi connectivity index (χ3n) is 4.15. The van der Waals surface area contributed by atoms with Crippen molar-refractivity contribution >= 4 is 23.8 Å². The first-order valence-corrected chi connectivity index (χ1v) is 8.00. The summed E-state index contributed by atoms with van der Waals surface area (Å²) in [5.74, 6) is 0.454. The lowest BCUT2D eigenvalue weighted by Gasteiger charge is -2.30. The fourth-order valence-corrected chi connectivity index (χ4v) is 2.91. The first-order chi connectivity index (χ1) is 11.5. The van der Waals surface area contributed by atoms with Crippen LogP contribution in [0, 0.1) is 0 Å². The van der Waals surface area contributed by atoms with Crippen molar-refractivity contribution in [3.63, 3.8) is 0 Å². The van der Waals surface area contributed by atoms with Gasteiger partial charge in [-0.2, -0.15) is 0 Å². The van der Waals surface area contributed by atoms with Crippen LogP contribution in [0.4, 0.5) is 5.82 Å². The lowest BCUT2D eigenvalue weighted by molar-refractivity contribution is -0.0520. The first kappa shape index (κ1) is 17.5. The highest BCUT2D eigenvalue weighted by molar-refractivity contribution is 6.18. The van der Waals surface area contributed by atoms with E-state index in [2.05, 4.69) is 9.98 Å². The van der Waals surface area contributed by atoms with E-state index in [4.69, 9.17) is 22.1 Å². The van der Waals surface area contributed by atoms with Gasteiger partial charge in [0.15, 0.2) is 12.0 Å². The molecule has 1 saturated heterocycles. The Morgan fingerprint density at radius 2 is 2.12 bits per heavy atom. The van der Waals surface area contributed by atoms with Crippen molar-refractivity contribution in [3.05, 3.63) is 12.0 Å². The Balaban J connectivity index is 1.83. The van der Waals surface area contributed by atoms with Crippen molar-refractivity contribution in [1.29, 1.82) is 0 Å². The second-order valence-electron chi connectivity index (χ2n) is 5.78. The molecule has 134 valence electrons. The molecule has 24 heavy (non-hydrogen) atoms. The van der Waals surface area contributed by atoms with E-state index in [1.54, 1.807) is 4.90 Å². The molecule has 0 aromatic carbocycles. The Labute approximate surface area is 142 Å². The largest absolute Gasteiger partial charge is 0.394 e. The summed E-state index contributed by atoms with van der Waals surface area (Å²) < 4.78 is 6.94. The number of β-amino-alcohol motifs (C(OH)–C–C–N with tert-alkyl or cyclic N) is 1. The molecule has 6 N–H and O–H groups in total. The zero-order valence-electron chi connectivity index (χ0n) is 12.7. The Hall–Kier alpha value is -1.27. The molecule has 1 fully saturated rings. The number of ether oxygens (including phenoxy) is 1. The summed E-state index contributed by atoms with van der Waals surface area (Å²) in [5.41, 5.74) is 6.57. The Bertz CT molecular complexity index is 614. The second kappa shape index (κ2) is 6.92. The number of rotatable bonds is 5. The summed E-state index contributed by atoms with van der Waals surface area (Å²) in [5, 5.41) is 38.8. The van der Waals surface area contributed by atoms with Crippen molar-refractivity contribution in [2.75, 3.05) is 19.0 Å². The molecule has 0 spiro atoms.